The summed E-state index contributed by atoms with van der Waals surface area (Å²) in [6.45, 7) is 2.77. The molecule has 0 spiro atoms. The van der Waals surface area contributed by atoms with Crippen molar-refractivity contribution in [1.29, 1.82) is 0 Å². The average Bonchev–Trinajstić information content (AvgIpc) is 2.48. The third-order valence-electron chi connectivity index (χ3n) is 3.29. The highest BCUT2D eigenvalue weighted by Gasteiger charge is 2.27. The van der Waals surface area contributed by atoms with Crippen LogP contribution in [0, 0.1) is 0 Å². The van der Waals surface area contributed by atoms with Gasteiger partial charge in [0.05, 0.1) is 7.11 Å². The summed E-state index contributed by atoms with van der Waals surface area (Å²) in [6.07, 6.45) is 3.22. The molecule has 0 bridgehead atoms. The fourth-order valence-electron chi connectivity index (χ4n) is 2.09. The average molecular weight is 274 g/mol. The lowest BCUT2D eigenvalue weighted by atomic mass is 10.1. The van der Waals surface area contributed by atoms with Gasteiger partial charge in [-0.15, -0.1) is 0 Å². The van der Waals surface area contributed by atoms with Crippen LogP contribution in [0.25, 0.3) is 6.08 Å². The van der Waals surface area contributed by atoms with Crippen molar-refractivity contribution >= 4 is 17.9 Å². The maximum absolute atomic E-state index is 12.1. The van der Waals surface area contributed by atoms with Gasteiger partial charge in [0.15, 0.2) is 0 Å². The van der Waals surface area contributed by atoms with Gasteiger partial charge in [0.1, 0.15) is 11.8 Å². The van der Waals surface area contributed by atoms with Crippen molar-refractivity contribution < 1.29 is 14.3 Å². The first-order chi connectivity index (χ1) is 9.61. The van der Waals surface area contributed by atoms with Crippen molar-refractivity contribution in [3.8, 4) is 5.75 Å². The van der Waals surface area contributed by atoms with Crippen LogP contribution in [0.5, 0.6) is 5.75 Å². The van der Waals surface area contributed by atoms with E-state index < -0.39 is 6.04 Å². The van der Waals surface area contributed by atoms with Gasteiger partial charge in [-0.05, 0) is 30.7 Å². The monoisotopic (exact) mass is 274 g/mol. The van der Waals surface area contributed by atoms with Crippen molar-refractivity contribution in [2.45, 2.75) is 13.0 Å². The molecule has 1 aromatic rings. The minimum Gasteiger partial charge on any atom is -0.497 e. The lowest BCUT2D eigenvalue weighted by Gasteiger charge is -2.31. The third kappa shape index (κ3) is 3.17. The van der Waals surface area contributed by atoms with Gasteiger partial charge in [-0.1, -0.05) is 12.1 Å². The van der Waals surface area contributed by atoms with Gasteiger partial charge in [0.2, 0.25) is 11.8 Å². The molecule has 1 unspecified atom stereocenters. The summed E-state index contributed by atoms with van der Waals surface area (Å²) in [5.74, 6) is 0.472. The van der Waals surface area contributed by atoms with Crippen LogP contribution in [-0.4, -0.2) is 43.0 Å². The van der Waals surface area contributed by atoms with Gasteiger partial charge in [0, 0.05) is 19.2 Å². The van der Waals surface area contributed by atoms with Crippen LogP contribution >= 0.6 is 0 Å². The van der Waals surface area contributed by atoms with Gasteiger partial charge in [-0.25, -0.2) is 0 Å². The number of rotatable bonds is 3. The van der Waals surface area contributed by atoms with E-state index >= 15 is 0 Å². The summed E-state index contributed by atoms with van der Waals surface area (Å²) >= 11 is 0. The maximum Gasteiger partial charge on any atom is 0.247 e. The van der Waals surface area contributed by atoms with Gasteiger partial charge < -0.3 is 15.0 Å². The summed E-state index contributed by atoms with van der Waals surface area (Å²) in [6, 6.07) is 7.01. The molecule has 0 saturated carbocycles. The number of amides is 2. The molecule has 0 aromatic heterocycles. The molecular formula is C15H18N2O3. The number of hydrogen-bond donors (Lipinski definition) is 1. The number of benzene rings is 1. The van der Waals surface area contributed by atoms with Gasteiger partial charge >= 0.3 is 0 Å². The van der Waals surface area contributed by atoms with E-state index in [4.69, 9.17) is 4.74 Å². The number of carbonyl (C=O) groups excluding carboxylic acids is 2. The van der Waals surface area contributed by atoms with Crippen molar-refractivity contribution in [3.63, 3.8) is 0 Å². The zero-order valence-electron chi connectivity index (χ0n) is 11.6. The van der Waals surface area contributed by atoms with Gasteiger partial charge in [0.25, 0.3) is 0 Å². The Morgan fingerprint density at radius 2 is 2.30 bits per heavy atom. The number of methoxy groups -OCH3 is 1. The van der Waals surface area contributed by atoms with Gasteiger partial charge in [-0.2, -0.15) is 0 Å². The number of piperazine rings is 1. The lowest BCUT2D eigenvalue weighted by Crippen LogP contribution is -2.55. The molecule has 1 fully saturated rings. The highest BCUT2D eigenvalue weighted by atomic mass is 16.5. The first-order valence-corrected chi connectivity index (χ1v) is 6.52. The quantitative estimate of drug-likeness (QED) is 0.838. The SMILES string of the molecule is COc1cccc(C=CC(=O)N2CCNC(=O)C2C)c1. The molecule has 1 saturated heterocycles. The Balaban J connectivity index is 2.06. The van der Waals surface area contributed by atoms with Crippen molar-refractivity contribution in [2.75, 3.05) is 20.2 Å². The predicted octanol–water partition coefficient (Wildman–Crippen LogP) is 1.06. The second kappa shape index (κ2) is 6.23. The van der Waals surface area contributed by atoms with Crippen LogP contribution in [0.3, 0.4) is 0 Å². The van der Waals surface area contributed by atoms with E-state index in [2.05, 4.69) is 5.32 Å². The van der Waals surface area contributed by atoms with Crippen molar-refractivity contribution in [3.05, 3.63) is 35.9 Å². The maximum atomic E-state index is 12.1. The number of hydrogen-bond acceptors (Lipinski definition) is 3. The van der Waals surface area contributed by atoms with E-state index in [1.54, 1.807) is 25.0 Å². The topological polar surface area (TPSA) is 58.6 Å². The van der Waals surface area contributed by atoms with E-state index in [9.17, 15) is 9.59 Å². The largest absolute Gasteiger partial charge is 0.497 e. The molecular weight excluding hydrogens is 256 g/mol. The molecule has 2 rings (SSSR count). The van der Waals surface area contributed by atoms with Crippen molar-refractivity contribution in [2.24, 2.45) is 0 Å². The Kier molecular flexibility index (Phi) is 4.40. The van der Waals surface area contributed by atoms with Crippen LogP contribution in [-0.2, 0) is 9.59 Å². The molecule has 1 aliphatic heterocycles. The molecule has 20 heavy (non-hydrogen) atoms. The molecule has 1 aliphatic rings. The standard InChI is InChI=1S/C15H18N2O3/c1-11-15(19)16-8-9-17(11)14(18)7-6-12-4-3-5-13(10-12)20-2/h3-7,10-11H,8-9H2,1-2H3,(H,16,19). The van der Waals surface area contributed by atoms with E-state index in [0.717, 1.165) is 11.3 Å². The third-order valence-corrected chi connectivity index (χ3v) is 3.29. The van der Waals surface area contributed by atoms with E-state index in [1.165, 1.54) is 6.08 Å². The minimum absolute atomic E-state index is 0.112. The van der Waals surface area contributed by atoms with E-state index in [-0.39, 0.29) is 11.8 Å². The predicted molar refractivity (Wildman–Crippen MR) is 76.2 cm³/mol. The summed E-state index contributed by atoms with van der Waals surface area (Å²) in [5.41, 5.74) is 0.881. The van der Waals surface area contributed by atoms with Gasteiger partial charge in [-0.3, -0.25) is 9.59 Å². The normalized spacial score (nSPS) is 19.0. The second-order valence-corrected chi connectivity index (χ2v) is 4.61. The van der Waals surface area contributed by atoms with E-state index in [1.807, 2.05) is 24.3 Å². The second-order valence-electron chi connectivity index (χ2n) is 4.61. The Labute approximate surface area is 118 Å². The molecule has 2 amide bonds. The first-order valence-electron chi connectivity index (χ1n) is 6.52. The molecule has 1 aromatic carbocycles. The number of nitrogens with one attached hydrogen (secondary N) is 1. The Morgan fingerprint density at radius 1 is 1.50 bits per heavy atom. The van der Waals surface area contributed by atoms with Crippen LogP contribution in [0.15, 0.2) is 30.3 Å². The number of carbonyl (C=O) groups is 2. The minimum atomic E-state index is -0.425. The lowest BCUT2D eigenvalue weighted by molar-refractivity contribution is -0.139. The zero-order valence-corrected chi connectivity index (χ0v) is 11.6. The fourth-order valence-corrected chi connectivity index (χ4v) is 2.09. The van der Waals surface area contributed by atoms with Crippen LogP contribution in [0.1, 0.15) is 12.5 Å². The summed E-state index contributed by atoms with van der Waals surface area (Å²) in [4.78, 5) is 25.2. The van der Waals surface area contributed by atoms with Crippen LogP contribution < -0.4 is 10.1 Å². The summed E-state index contributed by atoms with van der Waals surface area (Å²) in [7, 11) is 1.60. The fraction of sp³-hybridized carbons (Fsp3) is 0.333. The Bertz CT molecular complexity index is 540. The smallest absolute Gasteiger partial charge is 0.247 e. The molecule has 1 atom stereocenters. The zero-order chi connectivity index (χ0) is 14.5. The Hall–Kier alpha value is -2.30. The molecule has 5 nitrogen and oxygen atoms in total. The van der Waals surface area contributed by atoms with E-state index in [0.29, 0.717) is 13.1 Å². The van der Waals surface area contributed by atoms with Crippen LogP contribution in [0.2, 0.25) is 0 Å². The van der Waals surface area contributed by atoms with Crippen molar-refractivity contribution in [1.82, 2.24) is 10.2 Å². The highest BCUT2D eigenvalue weighted by molar-refractivity contribution is 5.96. The Morgan fingerprint density at radius 3 is 3.05 bits per heavy atom. The molecule has 1 heterocycles. The molecule has 1 N–H and O–H groups in total. The summed E-state index contributed by atoms with van der Waals surface area (Å²) < 4.78 is 5.13. The summed E-state index contributed by atoms with van der Waals surface area (Å²) in [5, 5.41) is 2.73. The molecule has 5 heteroatoms. The number of ether oxygens (including phenoxy) is 1. The first kappa shape index (κ1) is 14.1. The molecule has 106 valence electrons. The molecule has 0 aliphatic carbocycles. The van der Waals surface area contributed by atoms with Crippen LogP contribution in [0.4, 0.5) is 0 Å². The number of nitrogens with zero attached hydrogens (tertiary/aromatic N) is 1. The molecule has 0 radical (unpaired) electrons. The highest BCUT2D eigenvalue weighted by Crippen LogP contribution is 2.14.